The van der Waals surface area contributed by atoms with Crippen LogP contribution in [-0.4, -0.2) is 38.5 Å². The number of hydrogen-bond donors (Lipinski definition) is 1. The van der Waals surface area contributed by atoms with E-state index in [1.54, 1.807) is 0 Å². The van der Waals surface area contributed by atoms with Gasteiger partial charge in [0.15, 0.2) is 0 Å². The molecule has 5 heteroatoms. The molecule has 0 radical (unpaired) electrons. The molecule has 2 rings (SSSR count). The van der Waals surface area contributed by atoms with Gasteiger partial charge in [-0.1, -0.05) is 13.8 Å². The van der Waals surface area contributed by atoms with Crippen LogP contribution in [0.15, 0.2) is 4.47 Å². The van der Waals surface area contributed by atoms with Gasteiger partial charge in [0, 0.05) is 26.2 Å². The molecule has 18 heavy (non-hydrogen) atoms. The number of aryl methyl sites for hydroxylation is 2. The number of hydrogen-bond acceptors (Lipinski definition) is 3. The molecule has 1 aromatic rings. The van der Waals surface area contributed by atoms with Crippen molar-refractivity contribution in [1.82, 2.24) is 14.7 Å². The Morgan fingerprint density at radius 2 is 2.00 bits per heavy atom. The normalized spacial score (nSPS) is 18.9. The third-order valence-corrected chi connectivity index (χ3v) is 4.68. The molecule has 1 saturated heterocycles. The van der Waals surface area contributed by atoms with E-state index in [-0.39, 0.29) is 0 Å². The van der Waals surface area contributed by atoms with Gasteiger partial charge in [-0.05, 0) is 35.7 Å². The zero-order valence-electron chi connectivity index (χ0n) is 11.4. The molecule has 0 aromatic carbocycles. The zero-order valence-corrected chi connectivity index (χ0v) is 13.0. The summed E-state index contributed by atoms with van der Waals surface area (Å²) in [4.78, 5) is 2.27. The molecule has 1 N–H and O–H groups in total. The SMILES string of the molecule is CCc1nn(CC)c(CN2CC(O)(CC)C2)c1Br. The molecule has 1 aliphatic heterocycles. The summed E-state index contributed by atoms with van der Waals surface area (Å²) < 4.78 is 3.20. The van der Waals surface area contributed by atoms with Crippen LogP contribution >= 0.6 is 15.9 Å². The van der Waals surface area contributed by atoms with E-state index in [4.69, 9.17) is 0 Å². The lowest BCUT2D eigenvalue weighted by Gasteiger charge is -2.46. The highest BCUT2D eigenvalue weighted by atomic mass is 79.9. The van der Waals surface area contributed by atoms with Crippen LogP contribution in [0, 0.1) is 0 Å². The predicted molar refractivity (Wildman–Crippen MR) is 75.5 cm³/mol. The minimum absolute atomic E-state index is 0.461. The number of aromatic nitrogens is 2. The van der Waals surface area contributed by atoms with E-state index in [9.17, 15) is 5.11 Å². The summed E-state index contributed by atoms with van der Waals surface area (Å²) in [6.45, 7) is 9.57. The lowest BCUT2D eigenvalue weighted by molar-refractivity contribution is -0.104. The maximum absolute atomic E-state index is 10.0. The summed E-state index contributed by atoms with van der Waals surface area (Å²) in [5.41, 5.74) is 1.89. The van der Waals surface area contributed by atoms with Gasteiger partial charge in [0.1, 0.15) is 0 Å². The van der Waals surface area contributed by atoms with Crippen molar-refractivity contribution in [3.05, 3.63) is 15.9 Å². The lowest BCUT2D eigenvalue weighted by Crippen LogP contribution is -2.60. The van der Waals surface area contributed by atoms with Crippen LogP contribution in [0.25, 0.3) is 0 Å². The second-order valence-electron chi connectivity index (χ2n) is 5.10. The summed E-state index contributed by atoms with van der Waals surface area (Å²) in [5, 5.41) is 14.6. The van der Waals surface area contributed by atoms with Crippen LogP contribution in [0.5, 0.6) is 0 Å². The Labute approximate surface area is 117 Å². The molecule has 4 nitrogen and oxygen atoms in total. The van der Waals surface area contributed by atoms with Gasteiger partial charge in [-0.25, -0.2) is 0 Å². The quantitative estimate of drug-likeness (QED) is 0.905. The highest BCUT2D eigenvalue weighted by molar-refractivity contribution is 9.10. The number of rotatable bonds is 5. The lowest BCUT2D eigenvalue weighted by atomic mass is 9.91. The van der Waals surface area contributed by atoms with Crippen molar-refractivity contribution >= 4 is 15.9 Å². The van der Waals surface area contributed by atoms with Crippen molar-refractivity contribution in [1.29, 1.82) is 0 Å². The Hall–Kier alpha value is -0.390. The van der Waals surface area contributed by atoms with E-state index in [1.807, 2.05) is 6.92 Å². The average molecular weight is 316 g/mol. The molecule has 0 aliphatic carbocycles. The Kier molecular flexibility index (Phi) is 4.14. The van der Waals surface area contributed by atoms with Gasteiger partial charge >= 0.3 is 0 Å². The Balaban J connectivity index is 2.08. The van der Waals surface area contributed by atoms with Crippen molar-refractivity contribution in [2.24, 2.45) is 0 Å². The van der Waals surface area contributed by atoms with E-state index in [0.717, 1.165) is 49.2 Å². The highest BCUT2D eigenvalue weighted by Gasteiger charge is 2.39. The van der Waals surface area contributed by atoms with Gasteiger partial charge in [0.2, 0.25) is 0 Å². The van der Waals surface area contributed by atoms with Crippen molar-refractivity contribution < 1.29 is 5.11 Å². The number of likely N-dealkylation sites (tertiary alicyclic amines) is 1. The first kappa shape index (κ1) is 14.0. The summed E-state index contributed by atoms with van der Waals surface area (Å²) in [6.07, 6.45) is 1.78. The maximum atomic E-state index is 10.0. The fourth-order valence-electron chi connectivity index (χ4n) is 2.50. The van der Waals surface area contributed by atoms with Crippen LogP contribution in [0.1, 0.15) is 38.6 Å². The van der Waals surface area contributed by atoms with Crippen molar-refractivity contribution in [3.8, 4) is 0 Å². The van der Waals surface area contributed by atoms with Crippen LogP contribution in [0.3, 0.4) is 0 Å². The standard InChI is InChI=1S/C13H22BrN3O/c1-4-10-12(14)11(17(6-3)15-10)7-16-8-13(18,5-2)9-16/h18H,4-9H2,1-3H3. The van der Waals surface area contributed by atoms with Crippen molar-refractivity contribution in [3.63, 3.8) is 0 Å². The molecule has 0 saturated carbocycles. The molecule has 1 aliphatic rings. The van der Waals surface area contributed by atoms with Crippen LogP contribution < -0.4 is 0 Å². The molecule has 0 bridgehead atoms. The Bertz CT molecular complexity index is 424. The maximum Gasteiger partial charge on any atom is 0.0897 e. The van der Waals surface area contributed by atoms with E-state index in [0.29, 0.717) is 0 Å². The van der Waals surface area contributed by atoms with E-state index >= 15 is 0 Å². The van der Waals surface area contributed by atoms with Gasteiger partial charge in [-0.15, -0.1) is 0 Å². The first-order valence-corrected chi connectivity index (χ1v) is 7.51. The molecular weight excluding hydrogens is 294 g/mol. The molecule has 1 aromatic heterocycles. The first-order chi connectivity index (χ1) is 8.53. The monoisotopic (exact) mass is 315 g/mol. The predicted octanol–water partition coefficient (Wildman–Crippen LogP) is 2.18. The third kappa shape index (κ3) is 2.49. The average Bonchev–Trinajstić information content (AvgIpc) is 2.64. The Morgan fingerprint density at radius 1 is 1.33 bits per heavy atom. The molecule has 2 heterocycles. The second kappa shape index (κ2) is 5.31. The second-order valence-corrected chi connectivity index (χ2v) is 5.89. The third-order valence-electron chi connectivity index (χ3n) is 3.76. The minimum Gasteiger partial charge on any atom is -0.387 e. The first-order valence-electron chi connectivity index (χ1n) is 6.71. The fraction of sp³-hybridized carbons (Fsp3) is 0.769. The largest absolute Gasteiger partial charge is 0.387 e. The number of aliphatic hydroxyl groups is 1. The fourth-order valence-corrected chi connectivity index (χ4v) is 3.19. The molecule has 102 valence electrons. The van der Waals surface area contributed by atoms with Gasteiger partial charge in [0.25, 0.3) is 0 Å². The molecule has 0 unspecified atom stereocenters. The number of β-amino-alcohol motifs (C(OH)–C–C–N with tert-alkyl or cyclic N) is 1. The van der Waals surface area contributed by atoms with Crippen LogP contribution in [0.4, 0.5) is 0 Å². The van der Waals surface area contributed by atoms with Crippen molar-refractivity contribution in [2.75, 3.05) is 13.1 Å². The Morgan fingerprint density at radius 3 is 2.50 bits per heavy atom. The minimum atomic E-state index is -0.461. The van der Waals surface area contributed by atoms with Crippen LogP contribution in [-0.2, 0) is 19.5 Å². The summed E-state index contributed by atoms with van der Waals surface area (Å²) >= 11 is 3.66. The number of nitrogens with zero attached hydrogens (tertiary/aromatic N) is 3. The van der Waals surface area contributed by atoms with Gasteiger partial charge in [-0.2, -0.15) is 5.10 Å². The van der Waals surface area contributed by atoms with E-state index < -0.39 is 5.60 Å². The smallest absolute Gasteiger partial charge is 0.0897 e. The molecular formula is C13H22BrN3O. The number of halogens is 1. The molecule has 1 fully saturated rings. The summed E-state index contributed by atoms with van der Waals surface area (Å²) in [6, 6.07) is 0. The molecule has 0 amide bonds. The highest BCUT2D eigenvalue weighted by Crippen LogP contribution is 2.29. The van der Waals surface area contributed by atoms with Gasteiger partial charge in [-0.3, -0.25) is 9.58 Å². The summed E-state index contributed by atoms with van der Waals surface area (Å²) in [7, 11) is 0. The topological polar surface area (TPSA) is 41.3 Å². The van der Waals surface area contributed by atoms with Crippen molar-refractivity contribution in [2.45, 2.75) is 52.3 Å². The molecule has 0 spiro atoms. The van der Waals surface area contributed by atoms with Crippen LogP contribution in [0.2, 0.25) is 0 Å². The van der Waals surface area contributed by atoms with E-state index in [1.165, 1.54) is 5.69 Å². The van der Waals surface area contributed by atoms with E-state index in [2.05, 4.69) is 44.5 Å². The van der Waals surface area contributed by atoms with Gasteiger partial charge in [0.05, 0.1) is 21.5 Å². The summed E-state index contributed by atoms with van der Waals surface area (Å²) in [5.74, 6) is 0. The zero-order chi connectivity index (χ0) is 13.3. The molecule has 0 atom stereocenters. The van der Waals surface area contributed by atoms with Gasteiger partial charge < -0.3 is 5.11 Å².